The lowest BCUT2D eigenvalue weighted by Crippen LogP contribution is -1.98. The number of hydrogen-bond donors (Lipinski definition) is 0. The van der Waals surface area contributed by atoms with E-state index in [2.05, 4.69) is 15.0 Å². The Morgan fingerprint density at radius 3 is 2.56 bits per heavy atom. The Kier molecular flexibility index (Phi) is 4.10. The Bertz CT molecular complexity index is 528. The second-order valence-electron chi connectivity index (χ2n) is 3.86. The van der Waals surface area contributed by atoms with E-state index in [1.807, 2.05) is 26.0 Å². The Morgan fingerprint density at radius 2 is 1.94 bits per heavy atom. The van der Waals surface area contributed by atoms with Crippen LogP contribution in [0, 0.1) is 6.92 Å². The van der Waals surface area contributed by atoms with Crippen LogP contribution in [0.15, 0.2) is 24.5 Å². The van der Waals surface area contributed by atoms with Crippen LogP contribution < -0.4 is 4.74 Å². The first-order chi connectivity index (χ1) is 8.72. The van der Waals surface area contributed by atoms with Crippen LogP contribution in [-0.4, -0.2) is 15.0 Å². The first-order valence-electron chi connectivity index (χ1n) is 5.74. The topological polar surface area (TPSA) is 47.9 Å². The van der Waals surface area contributed by atoms with Gasteiger partial charge in [-0.05, 0) is 25.5 Å². The van der Waals surface area contributed by atoms with Crippen LogP contribution >= 0.6 is 11.6 Å². The van der Waals surface area contributed by atoms with Crippen LogP contribution in [0.1, 0.15) is 23.9 Å². The van der Waals surface area contributed by atoms with Gasteiger partial charge in [0.1, 0.15) is 0 Å². The van der Waals surface area contributed by atoms with Crippen LogP contribution in [-0.2, 0) is 12.3 Å². The fourth-order valence-corrected chi connectivity index (χ4v) is 1.64. The normalized spacial score (nSPS) is 10.4. The molecule has 0 saturated heterocycles. The number of aromatic nitrogens is 3. The molecule has 18 heavy (non-hydrogen) atoms. The SMILES string of the molecule is CCc1nc(C)ccc1Oc1ncc(CCl)cn1. The van der Waals surface area contributed by atoms with E-state index in [0.717, 1.165) is 23.4 Å². The first-order valence-corrected chi connectivity index (χ1v) is 6.27. The molecule has 0 aliphatic heterocycles. The third-order valence-corrected chi connectivity index (χ3v) is 2.75. The predicted molar refractivity (Wildman–Crippen MR) is 70.0 cm³/mol. The first kappa shape index (κ1) is 12.8. The van der Waals surface area contributed by atoms with Crippen LogP contribution in [0.3, 0.4) is 0 Å². The number of alkyl halides is 1. The molecule has 0 spiro atoms. The molecule has 0 aromatic carbocycles. The molecule has 5 heteroatoms. The Labute approximate surface area is 111 Å². The molecule has 4 nitrogen and oxygen atoms in total. The molecule has 0 aliphatic rings. The monoisotopic (exact) mass is 263 g/mol. The third-order valence-electron chi connectivity index (χ3n) is 2.44. The molecule has 0 fully saturated rings. The number of rotatable bonds is 4. The highest BCUT2D eigenvalue weighted by molar-refractivity contribution is 6.17. The van der Waals surface area contributed by atoms with Gasteiger partial charge < -0.3 is 4.74 Å². The highest BCUT2D eigenvalue weighted by Crippen LogP contribution is 2.22. The van der Waals surface area contributed by atoms with E-state index in [0.29, 0.717) is 17.6 Å². The number of ether oxygens (including phenoxy) is 1. The summed E-state index contributed by atoms with van der Waals surface area (Å²) in [7, 11) is 0. The Morgan fingerprint density at radius 1 is 1.22 bits per heavy atom. The molecule has 2 aromatic heterocycles. The van der Waals surface area contributed by atoms with Gasteiger partial charge in [-0.2, -0.15) is 0 Å². The summed E-state index contributed by atoms with van der Waals surface area (Å²) in [5, 5.41) is 0. The molecule has 0 radical (unpaired) electrons. The molecule has 0 N–H and O–H groups in total. The lowest BCUT2D eigenvalue weighted by Gasteiger charge is -2.08. The van der Waals surface area contributed by atoms with Crippen molar-refractivity contribution < 1.29 is 4.74 Å². The van der Waals surface area contributed by atoms with Crippen LogP contribution in [0.2, 0.25) is 0 Å². The van der Waals surface area contributed by atoms with Gasteiger partial charge in [0.25, 0.3) is 0 Å². The molecule has 0 amide bonds. The summed E-state index contributed by atoms with van der Waals surface area (Å²) >= 11 is 5.67. The van der Waals surface area contributed by atoms with Gasteiger partial charge in [-0.25, -0.2) is 9.97 Å². The number of aryl methyl sites for hydroxylation is 2. The van der Waals surface area contributed by atoms with E-state index in [1.165, 1.54) is 0 Å². The maximum atomic E-state index is 5.67. The van der Waals surface area contributed by atoms with Crippen LogP contribution in [0.25, 0.3) is 0 Å². The van der Waals surface area contributed by atoms with Crippen molar-refractivity contribution in [2.75, 3.05) is 0 Å². The van der Waals surface area contributed by atoms with E-state index in [-0.39, 0.29) is 0 Å². The maximum Gasteiger partial charge on any atom is 0.321 e. The van der Waals surface area contributed by atoms with Crippen molar-refractivity contribution in [3.63, 3.8) is 0 Å². The summed E-state index contributed by atoms with van der Waals surface area (Å²) in [6, 6.07) is 4.10. The van der Waals surface area contributed by atoms with E-state index in [9.17, 15) is 0 Å². The molecule has 0 aliphatic carbocycles. The Balaban J connectivity index is 2.22. The zero-order chi connectivity index (χ0) is 13.0. The highest BCUT2D eigenvalue weighted by Gasteiger charge is 2.07. The van der Waals surface area contributed by atoms with Crippen molar-refractivity contribution in [1.29, 1.82) is 0 Å². The summed E-state index contributed by atoms with van der Waals surface area (Å²) < 4.78 is 5.63. The van der Waals surface area contributed by atoms with E-state index in [1.54, 1.807) is 12.4 Å². The van der Waals surface area contributed by atoms with Crippen molar-refractivity contribution in [2.45, 2.75) is 26.1 Å². The number of halogens is 1. The van der Waals surface area contributed by atoms with Crippen molar-refractivity contribution in [1.82, 2.24) is 15.0 Å². The van der Waals surface area contributed by atoms with Gasteiger partial charge in [0.2, 0.25) is 0 Å². The molecular weight excluding hydrogens is 250 g/mol. The molecule has 2 heterocycles. The van der Waals surface area contributed by atoms with Crippen molar-refractivity contribution in [3.05, 3.63) is 41.5 Å². The molecule has 2 aromatic rings. The predicted octanol–water partition coefficient (Wildman–Crippen LogP) is 3.27. The molecule has 0 saturated carbocycles. The summed E-state index contributed by atoms with van der Waals surface area (Å²) in [5.41, 5.74) is 2.74. The van der Waals surface area contributed by atoms with Crippen LogP contribution in [0.4, 0.5) is 0 Å². The minimum Gasteiger partial charge on any atom is -0.422 e. The van der Waals surface area contributed by atoms with Gasteiger partial charge in [0.05, 0.1) is 11.6 Å². The van der Waals surface area contributed by atoms with Gasteiger partial charge in [-0.15, -0.1) is 11.6 Å². The summed E-state index contributed by atoms with van der Waals surface area (Å²) in [5.74, 6) is 1.09. The largest absolute Gasteiger partial charge is 0.422 e. The minimum absolute atomic E-state index is 0.309. The lowest BCUT2D eigenvalue weighted by atomic mass is 10.2. The van der Waals surface area contributed by atoms with E-state index >= 15 is 0 Å². The zero-order valence-corrected chi connectivity index (χ0v) is 11.1. The summed E-state index contributed by atoms with van der Waals surface area (Å²) in [4.78, 5) is 12.6. The number of hydrogen-bond acceptors (Lipinski definition) is 4. The second-order valence-corrected chi connectivity index (χ2v) is 4.13. The summed E-state index contributed by atoms with van der Waals surface area (Å²) in [6.45, 7) is 3.99. The Hall–Kier alpha value is -1.68. The number of pyridine rings is 1. The molecule has 0 atom stereocenters. The standard InChI is InChI=1S/C13H14ClN3O/c1-3-11-12(5-4-9(2)17-11)18-13-15-7-10(6-14)8-16-13/h4-5,7-8H,3,6H2,1-2H3. The highest BCUT2D eigenvalue weighted by atomic mass is 35.5. The molecular formula is C13H14ClN3O. The minimum atomic E-state index is 0.309. The van der Waals surface area contributed by atoms with E-state index in [4.69, 9.17) is 16.3 Å². The van der Waals surface area contributed by atoms with Crippen molar-refractivity contribution >= 4 is 11.6 Å². The quantitative estimate of drug-likeness (QED) is 0.795. The second kappa shape index (κ2) is 5.78. The molecule has 94 valence electrons. The summed E-state index contributed by atoms with van der Waals surface area (Å²) in [6.07, 6.45) is 4.11. The van der Waals surface area contributed by atoms with Gasteiger partial charge >= 0.3 is 6.01 Å². The van der Waals surface area contributed by atoms with Gasteiger partial charge in [-0.3, -0.25) is 4.98 Å². The average Bonchev–Trinajstić information content (AvgIpc) is 2.41. The average molecular weight is 264 g/mol. The maximum absolute atomic E-state index is 5.67. The van der Waals surface area contributed by atoms with Gasteiger partial charge in [0.15, 0.2) is 5.75 Å². The van der Waals surface area contributed by atoms with E-state index < -0.39 is 0 Å². The van der Waals surface area contributed by atoms with Gasteiger partial charge in [-0.1, -0.05) is 6.92 Å². The number of nitrogens with zero attached hydrogens (tertiary/aromatic N) is 3. The fraction of sp³-hybridized carbons (Fsp3) is 0.308. The molecule has 0 unspecified atom stereocenters. The van der Waals surface area contributed by atoms with Crippen LogP contribution in [0.5, 0.6) is 11.8 Å². The smallest absolute Gasteiger partial charge is 0.321 e. The van der Waals surface area contributed by atoms with Crippen molar-refractivity contribution in [2.24, 2.45) is 0 Å². The van der Waals surface area contributed by atoms with Crippen molar-refractivity contribution in [3.8, 4) is 11.8 Å². The fourth-order valence-electron chi connectivity index (χ4n) is 1.51. The zero-order valence-electron chi connectivity index (χ0n) is 10.4. The van der Waals surface area contributed by atoms with Gasteiger partial charge in [0, 0.05) is 23.7 Å². The lowest BCUT2D eigenvalue weighted by molar-refractivity contribution is 0.433. The molecule has 0 bridgehead atoms. The molecule has 2 rings (SSSR count). The third kappa shape index (κ3) is 2.96.